The Hall–Kier alpha value is -1.39. The van der Waals surface area contributed by atoms with Crippen molar-refractivity contribution < 1.29 is 19.1 Å². The predicted molar refractivity (Wildman–Crippen MR) is 49.6 cm³/mol. The summed E-state index contributed by atoms with van der Waals surface area (Å²) in [6.45, 7) is 3.37. The summed E-state index contributed by atoms with van der Waals surface area (Å²) >= 11 is 0. The van der Waals surface area contributed by atoms with Crippen LogP contribution in [0.4, 0.5) is 0 Å². The first-order valence-electron chi connectivity index (χ1n) is 4.48. The Bertz CT molecular complexity index is 225. The van der Waals surface area contributed by atoms with Gasteiger partial charge in [-0.25, -0.2) is 0 Å². The number of amides is 1. The third-order valence-corrected chi connectivity index (χ3v) is 1.31. The minimum atomic E-state index is -0.483. The summed E-state index contributed by atoms with van der Waals surface area (Å²) in [6, 6.07) is 0. The van der Waals surface area contributed by atoms with Crippen molar-refractivity contribution in [1.29, 1.82) is 0 Å². The molecule has 1 N–H and O–H groups in total. The van der Waals surface area contributed by atoms with Gasteiger partial charge >= 0.3 is 5.97 Å². The molecule has 0 heterocycles. The van der Waals surface area contributed by atoms with Gasteiger partial charge < -0.3 is 10.1 Å². The number of ketones is 1. The summed E-state index contributed by atoms with van der Waals surface area (Å²) in [7, 11) is 0. The fourth-order valence-corrected chi connectivity index (χ4v) is 0.726. The fourth-order valence-electron chi connectivity index (χ4n) is 0.726. The number of hydrogen-bond acceptors (Lipinski definition) is 4. The maximum Gasteiger partial charge on any atom is 0.325 e. The van der Waals surface area contributed by atoms with Gasteiger partial charge in [0.05, 0.1) is 13.0 Å². The fraction of sp³-hybridized carbons (Fsp3) is 0.667. The summed E-state index contributed by atoms with van der Waals surface area (Å²) in [5.41, 5.74) is 0. The Morgan fingerprint density at radius 3 is 2.43 bits per heavy atom. The minimum absolute atomic E-state index is 0.174. The van der Waals surface area contributed by atoms with Crippen LogP contribution in [-0.2, 0) is 19.1 Å². The minimum Gasteiger partial charge on any atom is -0.464 e. The highest BCUT2D eigenvalue weighted by Crippen LogP contribution is 1.84. The van der Waals surface area contributed by atoms with E-state index in [1.807, 2.05) is 6.92 Å². The molecule has 1 amide bonds. The average Bonchev–Trinajstić information content (AvgIpc) is 2.10. The Kier molecular flexibility index (Phi) is 6.36. The quantitative estimate of drug-likeness (QED) is 0.486. The molecule has 80 valence electrons. The molecule has 0 aromatic heterocycles. The number of carbonyl (C=O) groups excluding carboxylic acids is 3. The van der Waals surface area contributed by atoms with Crippen LogP contribution < -0.4 is 5.32 Å². The van der Waals surface area contributed by atoms with Crippen molar-refractivity contribution in [3.8, 4) is 0 Å². The number of Topliss-reactive ketones (excluding diaryl/α,β-unsaturated/α-hetero) is 1. The smallest absolute Gasteiger partial charge is 0.325 e. The van der Waals surface area contributed by atoms with E-state index in [1.54, 1.807) is 0 Å². The van der Waals surface area contributed by atoms with Crippen LogP contribution in [0.15, 0.2) is 0 Å². The molecule has 0 aliphatic heterocycles. The molecule has 0 aliphatic carbocycles. The van der Waals surface area contributed by atoms with Crippen LogP contribution in [-0.4, -0.2) is 30.8 Å². The Labute approximate surface area is 82.8 Å². The summed E-state index contributed by atoms with van der Waals surface area (Å²) in [4.78, 5) is 32.3. The van der Waals surface area contributed by atoms with Crippen molar-refractivity contribution in [2.75, 3.05) is 13.2 Å². The SMILES string of the molecule is CCCOC(=O)CNC(=O)CC(C)=O. The molecule has 0 bridgehead atoms. The molecule has 0 rings (SSSR count). The molecule has 0 saturated heterocycles. The first kappa shape index (κ1) is 12.6. The van der Waals surface area contributed by atoms with Crippen LogP contribution in [0.25, 0.3) is 0 Å². The normalized spacial score (nSPS) is 9.29. The molecule has 0 unspecified atom stereocenters. The van der Waals surface area contributed by atoms with Gasteiger partial charge in [-0.1, -0.05) is 6.92 Å². The maximum atomic E-state index is 10.9. The lowest BCUT2D eigenvalue weighted by Gasteiger charge is -2.04. The van der Waals surface area contributed by atoms with Crippen LogP contribution in [0.5, 0.6) is 0 Å². The van der Waals surface area contributed by atoms with Crippen LogP contribution in [0.3, 0.4) is 0 Å². The van der Waals surface area contributed by atoms with Crippen LogP contribution in [0.2, 0.25) is 0 Å². The zero-order valence-corrected chi connectivity index (χ0v) is 8.46. The molecule has 0 saturated carbocycles. The zero-order chi connectivity index (χ0) is 11.0. The molecule has 0 fully saturated rings. The van der Waals surface area contributed by atoms with Crippen molar-refractivity contribution in [3.63, 3.8) is 0 Å². The van der Waals surface area contributed by atoms with Gasteiger partial charge in [0.15, 0.2) is 0 Å². The number of nitrogens with one attached hydrogen (secondary N) is 1. The summed E-state index contributed by atoms with van der Waals surface area (Å²) in [6.07, 6.45) is 0.550. The lowest BCUT2D eigenvalue weighted by atomic mass is 10.3. The molecule has 0 aromatic rings. The van der Waals surface area contributed by atoms with Gasteiger partial charge in [-0.3, -0.25) is 14.4 Å². The van der Waals surface area contributed by atoms with E-state index in [2.05, 4.69) is 5.32 Å². The first-order valence-corrected chi connectivity index (χ1v) is 4.48. The lowest BCUT2D eigenvalue weighted by molar-refractivity contribution is -0.144. The van der Waals surface area contributed by atoms with Crippen molar-refractivity contribution in [2.24, 2.45) is 0 Å². The second-order valence-electron chi connectivity index (χ2n) is 2.88. The van der Waals surface area contributed by atoms with Crippen LogP contribution >= 0.6 is 0 Å². The number of carbonyl (C=O) groups is 3. The Balaban J connectivity index is 3.56. The van der Waals surface area contributed by atoms with Crippen molar-refractivity contribution in [2.45, 2.75) is 26.7 Å². The van der Waals surface area contributed by atoms with E-state index in [4.69, 9.17) is 4.74 Å². The predicted octanol–water partition coefficient (Wildman–Crippen LogP) is 0.0349. The molecule has 0 atom stereocenters. The highest BCUT2D eigenvalue weighted by molar-refractivity contribution is 5.97. The molecule has 0 aromatic carbocycles. The zero-order valence-electron chi connectivity index (χ0n) is 8.46. The van der Waals surface area contributed by atoms with E-state index in [0.29, 0.717) is 6.61 Å². The second kappa shape index (κ2) is 7.06. The van der Waals surface area contributed by atoms with Gasteiger partial charge in [0, 0.05) is 0 Å². The van der Waals surface area contributed by atoms with Gasteiger partial charge in [-0.2, -0.15) is 0 Å². The summed E-state index contributed by atoms with van der Waals surface area (Å²) in [5, 5.41) is 2.29. The van der Waals surface area contributed by atoms with Gasteiger partial charge in [0.1, 0.15) is 12.3 Å². The van der Waals surface area contributed by atoms with E-state index >= 15 is 0 Å². The number of hydrogen-bond donors (Lipinski definition) is 1. The third-order valence-electron chi connectivity index (χ3n) is 1.31. The van der Waals surface area contributed by atoms with E-state index in [0.717, 1.165) is 6.42 Å². The molecule has 0 aliphatic rings. The molecule has 0 radical (unpaired) electrons. The molecule has 14 heavy (non-hydrogen) atoms. The molecule has 5 heteroatoms. The van der Waals surface area contributed by atoms with Gasteiger partial charge in [-0.15, -0.1) is 0 Å². The highest BCUT2D eigenvalue weighted by atomic mass is 16.5. The van der Waals surface area contributed by atoms with Crippen molar-refractivity contribution >= 4 is 17.7 Å². The van der Waals surface area contributed by atoms with E-state index < -0.39 is 11.9 Å². The number of rotatable bonds is 6. The van der Waals surface area contributed by atoms with Crippen molar-refractivity contribution in [3.05, 3.63) is 0 Å². The molecule has 0 spiro atoms. The Morgan fingerprint density at radius 1 is 1.29 bits per heavy atom. The lowest BCUT2D eigenvalue weighted by Crippen LogP contribution is -2.31. The van der Waals surface area contributed by atoms with Gasteiger partial charge in [0.2, 0.25) is 5.91 Å². The average molecular weight is 201 g/mol. The van der Waals surface area contributed by atoms with E-state index in [9.17, 15) is 14.4 Å². The topological polar surface area (TPSA) is 72.5 Å². The molecular weight excluding hydrogens is 186 g/mol. The third kappa shape index (κ3) is 7.27. The standard InChI is InChI=1S/C9H15NO4/c1-3-4-14-9(13)6-10-8(12)5-7(2)11/h3-6H2,1-2H3,(H,10,12). The maximum absolute atomic E-state index is 10.9. The van der Waals surface area contributed by atoms with Gasteiger partial charge in [0.25, 0.3) is 0 Å². The second-order valence-corrected chi connectivity index (χ2v) is 2.88. The summed E-state index contributed by atoms with van der Waals surface area (Å²) < 4.78 is 4.71. The highest BCUT2D eigenvalue weighted by Gasteiger charge is 2.07. The van der Waals surface area contributed by atoms with Crippen LogP contribution in [0.1, 0.15) is 26.7 Å². The monoisotopic (exact) mass is 201 g/mol. The van der Waals surface area contributed by atoms with Crippen molar-refractivity contribution in [1.82, 2.24) is 5.32 Å². The van der Waals surface area contributed by atoms with E-state index in [1.165, 1.54) is 6.92 Å². The first-order chi connectivity index (χ1) is 6.56. The Morgan fingerprint density at radius 2 is 1.93 bits per heavy atom. The van der Waals surface area contributed by atoms with Gasteiger partial charge in [-0.05, 0) is 13.3 Å². The number of ether oxygens (including phenoxy) is 1. The summed E-state index contributed by atoms with van der Waals surface area (Å²) in [5.74, 6) is -1.17. The van der Waals surface area contributed by atoms with E-state index in [-0.39, 0.29) is 18.7 Å². The number of esters is 1. The molecular formula is C9H15NO4. The van der Waals surface area contributed by atoms with Crippen LogP contribution in [0, 0.1) is 0 Å². The molecule has 5 nitrogen and oxygen atoms in total. The largest absolute Gasteiger partial charge is 0.464 e.